The van der Waals surface area contributed by atoms with E-state index in [9.17, 15) is 0 Å². The van der Waals surface area contributed by atoms with Gasteiger partial charge in [0.2, 0.25) is 5.88 Å². The molecule has 2 aromatic rings. The van der Waals surface area contributed by atoms with Crippen molar-refractivity contribution in [2.75, 3.05) is 0 Å². The molecule has 0 unspecified atom stereocenters. The molecule has 0 saturated carbocycles. The first-order valence-electron chi connectivity index (χ1n) is 5.98. The fourth-order valence-electron chi connectivity index (χ4n) is 1.67. The highest BCUT2D eigenvalue weighted by Crippen LogP contribution is 2.36. The summed E-state index contributed by atoms with van der Waals surface area (Å²) in [7, 11) is 0. The smallest absolute Gasteiger partial charge is 0.219 e. The molecule has 0 saturated heterocycles. The number of halogens is 4. The van der Waals surface area contributed by atoms with Gasteiger partial charge in [-0.3, -0.25) is 0 Å². The Morgan fingerprint density at radius 1 is 1.19 bits per heavy atom. The van der Waals surface area contributed by atoms with Crippen molar-refractivity contribution in [2.24, 2.45) is 0 Å². The van der Waals surface area contributed by atoms with E-state index in [2.05, 4.69) is 11.6 Å². The van der Waals surface area contributed by atoms with E-state index in [0.717, 1.165) is 5.56 Å². The zero-order chi connectivity index (χ0) is 15.5. The number of pyridine rings is 1. The molecule has 0 fully saturated rings. The van der Waals surface area contributed by atoms with Crippen LogP contribution in [0.25, 0.3) is 5.57 Å². The lowest BCUT2D eigenvalue weighted by Crippen LogP contribution is -2.02. The molecule has 0 N–H and O–H groups in total. The van der Waals surface area contributed by atoms with Crippen LogP contribution in [0.3, 0.4) is 0 Å². The third-order valence-corrected chi connectivity index (χ3v) is 3.20. The topological polar surface area (TPSA) is 22.1 Å². The second-order valence-corrected chi connectivity index (χ2v) is 7.29. The van der Waals surface area contributed by atoms with Gasteiger partial charge in [0.05, 0.1) is 5.02 Å². The molecular weight excluding hydrogens is 352 g/mol. The summed E-state index contributed by atoms with van der Waals surface area (Å²) in [5.41, 5.74) is 1.55. The van der Waals surface area contributed by atoms with Gasteiger partial charge < -0.3 is 4.74 Å². The van der Waals surface area contributed by atoms with Crippen LogP contribution in [0.5, 0.6) is 11.6 Å². The number of nitrogens with zero attached hydrogens (tertiary/aromatic N) is 1. The van der Waals surface area contributed by atoms with Gasteiger partial charge in [0.25, 0.3) is 0 Å². The maximum absolute atomic E-state index is 5.78. The normalized spacial score (nSPS) is 11.2. The number of benzene rings is 1. The monoisotopic (exact) mass is 361 g/mol. The fraction of sp³-hybridized carbons (Fsp3) is 0.133. The minimum atomic E-state index is -1.37. The number of aromatic nitrogens is 1. The molecule has 0 aliphatic rings. The second-order valence-electron chi connectivity index (χ2n) is 4.34. The van der Waals surface area contributed by atoms with Crippen molar-refractivity contribution in [1.29, 1.82) is 0 Å². The quantitative estimate of drug-likeness (QED) is 0.595. The van der Waals surface area contributed by atoms with Gasteiger partial charge in [-0.25, -0.2) is 4.98 Å². The van der Waals surface area contributed by atoms with Crippen molar-refractivity contribution in [3.05, 3.63) is 59.8 Å². The van der Waals surface area contributed by atoms with E-state index in [1.807, 2.05) is 24.3 Å². The number of hydrogen-bond donors (Lipinski definition) is 0. The molecule has 0 aliphatic heterocycles. The molecule has 0 atom stereocenters. The van der Waals surface area contributed by atoms with Crippen molar-refractivity contribution < 1.29 is 4.74 Å². The van der Waals surface area contributed by atoms with Crippen molar-refractivity contribution >= 4 is 52.0 Å². The molecule has 1 heterocycles. The van der Waals surface area contributed by atoms with Crippen LogP contribution in [0, 0.1) is 0 Å². The molecule has 1 aromatic heterocycles. The lowest BCUT2D eigenvalue weighted by atomic mass is 10.1. The molecule has 1 aromatic carbocycles. The van der Waals surface area contributed by atoms with E-state index in [1.165, 1.54) is 6.20 Å². The Morgan fingerprint density at radius 3 is 2.57 bits per heavy atom. The van der Waals surface area contributed by atoms with Gasteiger partial charge in [0, 0.05) is 18.7 Å². The maximum Gasteiger partial charge on any atom is 0.219 e. The van der Waals surface area contributed by atoms with Crippen LogP contribution in [0.15, 0.2) is 49.2 Å². The first kappa shape index (κ1) is 16.4. The number of allylic oxidation sites excluding steroid dienone is 1. The highest BCUT2D eigenvalue weighted by Gasteiger charge is 2.21. The Kier molecular flexibility index (Phi) is 5.39. The first-order chi connectivity index (χ1) is 9.83. The van der Waals surface area contributed by atoms with E-state index in [0.29, 0.717) is 22.2 Å². The average molecular weight is 363 g/mol. The Morgan fingerprint density at radius 2 is 1.95 bits per heavy atom. The molecule has 0 aliphatic carbocycles. The van der Waals surface area contributed by atoms with E-state index in [1.54, 1.807) is 12.1 Å². The molecule has 2 rings (SSSR count). The molecule has 0 amide bonds. The van der Waals surface area contributed by atoms with Gasteiger partial charge in [0.15, 0.2) is 3.79 Å². The van der Waals surface area contributed by atoms with Gasteiger partial charge in [-0.2, -0.15) is 0 Å². The summed E-state index contributed by atoms with van der Waals surface area (Å²) in [6.07, 6.45) is 1.75. The number of alkyl halides is 3. The van der Waals surface area contributed by atoms with Crippen molar-refractivity contribution in [3.8, 4) is 11.6 Å². The fourth-order valence-corrected chi connectivity index (χ4v) is 2.26. The molecule has 0 radical (unpaired) electrons. The summed E-state index contributed by atoms with van der Waals surface area (Å²) in [6, 6.07) is 10.7. The van der Waals surface area contributed by atoms with Crippen LogP contribution in [-0.2, 0) is 0 Å². The van der Waals surface area contributed by atoms with Crippen molar-refractivity contribution in [2.45, 2.75) is 10.2 Å². The summed E-state index contributed by atoms with van der Waals surface area (Å²) >= 11 is 23.1. The molecule has 110 valence electrons. The predicted octanol–water partition coefficient (Wildman–Crippen LogP) is 6.30. The van der Waals surface area contributed by atoms with E-state index >= 15 is 0 Å². The molecule has 6 heteroatoms. The van der Waals surface area contributed by atoms with Gasteiger partial charge in [-0.05, 0) is 29.3 Å². The van der Waals surface area contributed by atoms with Crippen LogP contribution in [-0.4, -0.2) is 8.78 Å². The zero-order valence-corrected chi connectivity index (χ0v) is 13.8. The first-order valence-corrected chi connectivity index (χ1v) is 7.49. The van der Waals surface area contributed by atoms with E-state index in [4.69, 9.17) is 51.1 Å². The Labute approximate surface area is 143 Å². The summed E-state index contributed by atoms with van der Waals surface area (Å²) in [4.78, 5) is 4.07. The summed E-state index contributed by atoms with van der Waals surface area (Å²) in [6.45, 7) is 3.93. The minimum Gasteiger partial charge on any atom is -0.439 e. The van der Waals surface area contributed by atoms with Crippen LogP contribution in [0.2, 0.25) is 5.02 Å². The average Bonchev–Trinajstić information content (AvgIpc) is 2.40. The van der Waals surface area contributed by atoms with E-state index in [-0.39, 0.29) is 6.42 Å². The van der Waals surface area contributed by atoms with E-state index < -0.39 is 3.79 Å². The Bertz CT molecular complexity index is 635. The summed E-state index contributed by atoms with van der Waals surface area (Å²) in [5, 5.41) is 0.548. The standard InChI is InChI=1S/C15H11Cl4NO/c1-10(8-15(17,18)19)11-3-2-4-13(7-11)21-14-6-5-12(16)9-20-14/h2-7,9H,1,8H2. The predicted molar refractivity (Wildman–Crippen MR) is 89.7 cm³/mol. The largest absolute Gasteiger partial charge is 0.439 e. The van der Waals surface area contributed by atoms with Crippen molar-refractivity contribution in [3.63, 3.8) is 0 Å². The van der Waals surface area contributed by atoms with Gasteiger partial charge in [-0.15, -0.1) is 0 Å². The van der Waals surface area contributed by atoms with Crippen LogP contribution >= 0.6 is 46.4 Å². The zero-order valence-electron chi connectivity index (χ0n) is 10.8. The minimum absolute atomic E-state index is 0.236. The Balaban J connectivity index is 2.14. The van der Waals surface area contributed by atoms with Crippen LogP contribution < -0.4 is 4.74 Å². The highest BCUT2D eigenvalue weighted by atomic mass is 35.6. The lowest BCUT2D eigenvalue weighted by molar-refractivity contribution is 0.463. The summed E-state index contributed by atoms with van der Waals surface area (Å²) in [5.74, 6) is 1.07. The second kappa shape index (κ2) is 6.89. The molecule has 2 nitrogen and oxygen atoms in total. The number of ether oxygens (including phenoxy) is 1. The van der Waals surface area contributed by atoms with Gasteiger partial charge in [-0.1, -0.05) is 65.1 Å². The van der Waals surface area contributed by atoms with Crippen molar-refractivity contribution in [1.82, 2.24) is 4.98 Å². The third-order valence-electron chi connectivity index (χ3n) is 2.58. The maximum atomic E-state index is 5.78. The SMILES string of the molecule is C=C(CC(Cl)(Cl)Cl)c1cccc(Oc2ccc(Cl)cn2)c1. The highest BCUT2D eigenvalue weighted by molar-refractivity contribution is 6.67. The summed E-state index contributed by atoms with van der Waals surface area (Å²) < 4.78 is 4.28. The molecule has 21 heavy (non-hydrogen) atoms. The number of rotatable bonds is 4. The lowest BCUT2D eigenvalue weighted by Gasteiger charge is -2.14. The Hall–Kier alpha value is -0.930. The third kappa shape index (κ3) is 5.40. The van der Waals surface area contributed by atoms with Gasteiger partial charge in [0.1, 0.15) is 5.75 Å². The molecule has 0 bridgehead atoms. The van der Waals surface area contributed by atoms with Crippen LogP contribution in [0.4, 0.5) is 0 Å². The molecule has 0 spiro atoms. The van der Waals surface area contributed by atoms with Crippen LogP contribution in [0.1, 0.15) is 12.0 Å². The number of hydrogen-bond acceptors (Lipinski definition) is 2. The molecular formula is C15H11Cl4NO. The van der Waals surface area contributed by atoms with Gasteiger partial charge >= 0.3 is 0 Å².